The Labute approximate surface area is 131 Å². The summed E-state index contributed by atoms with van der Waals surface area (Å²) < 4.78 is 5.23. The molecule has 0 aromatic heterocycles. The van der Waals surface area contributed by atoms with Crippen LogP contribution < -0.4 is 5.73 Å². The van der Waals surface area contributed by atoms with Crippen LogP contribution in [0.1, 0.15) is 38.2 Å². The zero-order chi connectivity index (χ0) is 16.0. The number of ether oxygens (including phenoxy) is 1. The summed E-state index contributed by atoms with van der Waals surface area (Å²) in [5, 5.41) is 0. The Morgan fingerprint density at radius 1 is 1.23 bits per heavy atom. The first-order valence-electron chi connectivity index (χ1n) is 7.87. The standard InChI is InChI=1S/C17H24N2O3/c1-2-3-13-22-16(21)19-11-9-17(10-12-19,15(18)20)14-7-5-4-6-8-14/h4-8H,2-3,9-13H2,1H3,(H2,18,20). The predicted octanol–water partition coefficient (Wildman–Crippen LogP) is 2.44. The fourth-order valence-corrected chi connectivity index (χ4v) is 2.90. The number of likely N-dealkylation sites (tertiary alicyclic amines) is 1. The van der Waals surface area contributed by atoms with Gasteiger partial charge in [-0.1, -0.05) is 43.7 Å². The zero-order valence-electron chi connectivity index (χ0n) is 13.1. The summed E-state index contributed by atoms with van der Waals surface area (Å²) in [5.41, 5.74) is 5.93. The third-order valence-corrected chi connectivity index (χ3v) is 4.40. The van der Waals surface area contributed by atoms with E-state index >= 15 is 0 Å². The molecule has 2 N–H and O–H groups in total. The van der Waals surface area contributed by atoms with E-state index in [4.69, 9.17) is 10.5 Å². The van der Waals surface area contributed by atoms with Crippen molar-refractivity contribution in [3.8, 4) is 0 Å². The van der Waals surface area contributed by atoms with E-state index in [1.165, 1.54) is 0 Å². The van der Waals surface area contributed by atoms with Crippen LogP contribution in [0.25, 0.3) is 0 Å². The molecule has 0 unspecified atom stereocenters. The van der Waals surface area contributed by atoms with Crippen molar-refractivity contribution in [3.63, 3.8) is 0 Å². The maximum atomic E-state index is 12.1. The van der Waals surface area contributed by atoms with Crippen molar-refractivity contribution in [2.45, 2.75) is 38.0 Å². The number of amides is 2. The molecule has 2 amide bonds. The number of hydrogen-bond donors (Lipinski definition) is 1. The normalized spacial score (nSPS) is 17.0. The molecule has 1 aliphatic rings. The molecule has 22 heavy (non-hydrogen) atoms. The van der Waals surface area contributed by atoms with E-state index < -0.39 is 5.41 Å². The average molecular weight is 304 g/mol. The Morgan fingerprint density at radius 3 is 2.41 bits per heavy atom. The quantitative estimate of drug-likeness (QED) is 0.849. The second kappa shape index (κ2) is 7.29. The first-order chi connectivity index (χ1) is 10.6. The highest BCUT2D eigenvalue weighted by Gasteiger charge is 2.42. The molecule has 0 atom stereocenters. The molecular formula is C17H24N2O3. The second-order valence-electron chi connectivity index (χ2n) is 5.77. The highest BCUT2D eigenvalue weighted by Crippen LogP contribution is 2.35. The molecule has 2 rings (SSSR count). The molecular weight excluding hydrogens is 280 g/mol. The minimum absolute atomic E-state index is 0.292. The Hall–Kier alpha value is -2.04. The second-order valence-corrected chi connectivity index (χ2v) is 5.77. The first kappa shape index (κ1) is 16.3. The van der Waals surface area contributed by atoms with Gasteiger partial charge in [-0.25, -0.2) is 4.79 Å². The number of rotatable bonds is 5. The molecule has 0 aliphatic carbocycles. The van der Waals surface area contributed by atoms with Crippen molar-refractivity contribution in [3.05, 3.63) is 35.9 Å². The van der Waals surface area contributed by atoms with Crippen LogP contribution in [-0.2, 0) is 14.9 Å². The van der Waals surface area contributed by atoms with Gasteiger partial charge in [0.15, 0.2) is 0 Å². The number of nitrogens with two attached hydrogens (primary N) is 1. The van der Waals surface area contributed by atoms with Gasteiger partial charge in [-0.3, -0.25) is 4.79 Å². The van der Waals surface area contributed by atoms with Crippen molar-refractivity contribution in [1.29, 1.82) is 0 Å². The lowest BCUT2D eigenvalue weighted by Crippen LogP contribution is -2.51. The SMILES string of the molecule is CCCCOC(=O)N1CCC(C(N)=O)(c2ccccc2)CC1. The summed E-state index contributed by atoms with van der Waals surface area (Å²) in [6, 6.07) is 9.59. The van der Waals surface area contributed by atoms with Crippen molar-refractivity contribution in [2.24, 2.45) is 5.73 Å². The molecule has 0 radical (unpaired) electrons. The molecule has 1 saturated heterocycles. The lowest BCUT2D eigenvalue weighted by molar-refractivity contribution is -0.125. The Kier molecular flexibility index (Phi) is 5.41. The van der Waals surface area contributed by atoms with Gasteiger partial charge in [0.2, 0.25) is 5.91 Å². The molecule has 1 aromatic carbocycles. The minimum atomic E-state index is -0.679. The van der Waals surface area contributed by atoms with E-state index in [9.17, 15) is 9.59 Å². The van der Waals surface area contributed by atoms with Crippen molar-refractivity contribution < 1.29 is 14.3 Å². The largest absolute Gasteiger partial charge is 0.449 e. The van der Waals surface area contributed by atoms with Gasteiger partial charge in [-0.05, 0) is 24.8 Å². The number of nitrogens with zero attached hydrogens (tertiary/aromatic N) is 1. The van der Waals surface area contributed by atoms with Gasteiger partial charge in [0.05, 0.1) is 12.0 Å². The summed E-state index contributed by atoms with van der Waals surface area (Å²) in [4.78, 5) is 25.7. The smallest absolute Gasteiger partial charge is 0.409 e. The topological polar surface area (TPSA) is 72.6 Å². The summed E-state index contributed by atoms with van der Waals surface area (Å²) >= 11 is 0. The van der Waals surface area contributed by atoms with Crippen molar-refractivity contribution >= 4 is 12.0 Å². The number of benzene rings is 1. The summed E-state index contributed by atoms with van der Waals surface area (Å²) in [6.45, 7) is 3.48. The fourth-order valence-electron chi connectivity index (χ4n) is 2.90. The van der Waals surface area contributed by atoms with Crippen LogP contribution in [0, 0.1) is 0 Å². The van der Waals surface area contributed by atoms with Crippen LogP contribution >= 0.6 is 0 Å². The summed E-state index contributed by atoms with van der Waals surface area (Å²) in [7, 11) is 0. The van der Waals surface area contributed by atoms with Crippen LogP contribution in [0.15, 0.2) is 30.3 Å². The lowest BCUT2D eigenvalue weighted by Gasteiger charge is -2.39. The molecule has 1 fully saturated rings. The third kappa shape index (κ3) is 3.40. The van der Waals surface area contributed by atoms with E-state index in [1.54, 1.807) is 4.90 Å². The molecule has 1 heterocycles. The molecule has 1 aliphatic heterocycles. The molecule has 0 bridgehead atoms. The van der Waals surface area contributed by atoms with Gasteiger partial charge in [-0.2, -0.15) is 0 Å². The van der Waals surface area contributed by atoms with Gasteiger partial charge in [0, 0.05) is 13.1 Å². The highest BCUT2D eigenvalue weighted by molar-refractivity contribution is 5.87. The fraction of sp³-hybridized carbons (Fsp3) is 0.529. The monoisotopic (exact) mass is 304 g/mol. The number of piperidine rings is 1. The van der Waals surface area contributed by atoms with Gasteiger partial charge in [0.1, 0.15) is 0 Å². The molecule has 0 saturated carbocycles. The summed E-state index contributed by atoms with van der Waals surface area (Å²) in [6.07, 6.45) is 2.64. The van der Waals surface area contributed by atoms with Crippen LogP contribution in [-0.4, -0.2) is 36.6 Å². The third-order valence-electron chi connectivity index (χ3n) is 4.40. The van der Waals surface area contributed by atoms with Crippen molar-refractivity contribution in [2.75, 3.05) is 19.7 Å². The van der Waals surface area contributed by atoms with E-state index in [0.29, 0.717) is 32.5 Å². The molecule has 5 nitrogen and oxygen atoms in total. The van der Waals surface area contributed by atoms with Crippen LogP contribution in [0.2, 0.25) is 0 Å². The van der Waals surface area contributed by atoms with Gasteiger partial charge >= 0.3 is 6.09 Å². The number of carbonyl (C=O) groups excluding carboxylic acids is 2. The molecule has 0 spiro atoms. The van der Waals surface area contributed by atoms with Crippen molar-refractivity contribution in [1.82, 2.24) is 4.90 Å². The van der Waals surface area contributed by atoms with E-state index in [-0.39, 0.29) is 12.0 Å². The Balaban J connectivity index is 2.02. The van der Waals surface area contributed by atoms with Gasteiger partial charge in [-0.15, -0.1) is 0 Å². The molecule has 1 aromatic rings. The number of carbonyl (C=O) groups is 2. The van der Waals surface area contributed by atoms with Crippen LogP contribution in [0.3, 0.4) is 0 Å². The average Bonchev–Trinajstić information content (AvgIpc) is 2.55. The number of primary amides is 1. The van der Waals surface area contributed by atoms with Gasteiger partial charge < -0.3 is 15.4 Å². The number of unbranched alkanes of at least 4 members (excludes halogenated alkanes) is 1. The summed E-state index contributed by atoms with van der Waals surface area (Å²) in [5.74, 6) is -0.322. The minimum Gasteiger partial charge on any atom is -0.449 e. The highest BCUT2D eigenvalue weighted by atomic mass is 16.6. The van der Waals surface area contributed by atoms with E-state index in [1.807, 2.05) is 30.3 Å². The maximum absolute atomic E-state index is 12.1. The van der Waals surface area contributed by atoms with Gasteiger partial charge in [0.25, 0.3) is 0 Å². The lowest BCUT2D eigenvalue weighted by atomic mass is 9.72. The number of hydrogen-bond acceptors (Lipinski definition) is 3. The van der Waals surface area contributed by atoms with E-state index in [2.05, 4.69) is 6.92 Å². The molecule has 120 valence electrons. The Bertz CT molecular complexity index is 508. The Morgan fingerprint density at radius 2 is 1.86 bits per heavy atom. The van der Waals surface area contributed by atoms with Crippen LogP contribution in [0.4, 0.5) is 4.79 Å². The predicted molar refractivity (Wildman–Crippen MR) is 84.4 cm³/mol. The van der Waals surface area contributed by atoms with E-state index in [0.717, 1.165) is 18.4 Å². The zero-order valence-corrected chi connectivity index (χ0v) is 13.1. The molecule has 5 heteroatoms. The first-order valence-corrected chi connectivity index (χ1v) is 7.87. The maximum Gasteiger partial charge on any atom is 0.409 e. The van der Waals surface area contributed by atoms with Crippen LogP contribution in [0.5, 0.6) is 0 Å².